The van der Waals surface area contributed by atoms with Gasteiger partial charge in [0, 0.05) is 5.02 Å². The Morgan fingerprint density at radius 2 is 2.06 bits per heavy atom. The Morgan fingerprint density at radius 1 is 1.38 bits per heavy atom. The summed E-state index contributed by atoms with van der Waals surface area (Å²) in [4.78, 5) is 0. The molecule has 0 spiro atoms. The van der Waals surface area contributed by atoms with Crippen molar-refractivity contribution in [3.05, 3.63) is 22.2 Å². The van der Waals surface area contributed by atoms with Crippen molar-refractivity contribution in [2.75, 3.05) is 11.9 Å². The molecule has 0 aromatic heterocycles. The SMILES string of the molecule is CC(C)C1(C)CNc2cc(Cl)cc(Cl)c2O1. The molecule has 1 aromatic rings. The quantitative estimate of drug-likeness (QED) is 0.816. The lowest BCUT2D eigenvalue weighted by atomic mass is 9.91. The molecule has 88 valence electrons. The molecule has 16 heavy (non-hydrogen) atoms. The van der Waals surface area contributed by atoms with Crippen LogP contribution in [0.4, 0.5) is 5.69 Å². The van der Waals surface area contributed by atoms with Crippen LogP contribution in [-0.4, -0.2) is 12.1 Å². The number of fused-ring (bicyclic) bond motifs is 1. The van der Waals surface area contributed by atoms with Crippen LogP contribution in [0.15, 0.2) is 12.1 Å². The van der Waals surface area contributed by atoms with E-state index in [1.54, 1.807) is 6.07 Å². The number of hydrogen-bond acceptors (Lipinski definition) is 2. The molecule has 1 heterocycles. The molecule has 2 nitrogen and oxygen atoms in total. The van der Waals surface area contributed by atoms with Crippen LogP contribution in [0.3, 0.4) is 0 Å². The maximum absolute atomic E-state index is 6.13. The first-order valence-electron chi connectivity index (χ1n) is 5.34. The lowest BCUT2D eigenvalue weighted by Gasteiger charge is -2.39. The van der Waals surface area contributed by atoms with Gasteiger partial charge in [0.25, 0.3) is 0 Å². The summed E-state index contributed by atoms with van der Waals surface area (Å²) in [6.07, 6.45) is 0. The van der Waals surface area contributed by atoms with Crippen LogP contribution in [0.1, 0.15) is 20.8 Å². The second-order valence-corrected chi connectivity index (χ2v) is 5.53. The van der Waals surface area contributed by atoms with E-state index < -0.39 is 0 Å². The molecule has 0 saturated carbocycles. The predicted molar refractivity (Wildman–Crippen MR) is 68.8 cm³/mol. The van der Waals surface area contributed by atoms with Gasteiger partial charge in [0.15, 0.2) is 5.75 Å². The molecular weight excluding hydrogens is 245 g/mol. The molecule has 0 saturated heterocycles. The zero-order valence-electron chi connectivity index (χ0n) is 9.60. The minimum Gasteiger partial charge on any atom is -0.482 e. The summed E-state index contributed by atoms with van der Waals surface area (Å²) in [5, 5.41) is 4.50. The molecule has 0 amide bonds. The highest BCUT2D eigenvalue weighted by Gasteiger charge is 2.35. The van der Waals surface area contributed by atoms with E-state index in [0.29, 0.717) is 21.7 Å². The minimum atomic E-state index is -0.232. The molecule has 1 atom stereocenters. The first-order valence-corrected chi connectivity index (χ1v) is 6.10. The summed E-state index contributed by atoms with van der Waals surface area (Å²) >= 11 is 12.1. The Hall–Kier alpha value is -0.600. The van der Waals surface area contributed by atoms with Gasteiger partial charge in [0.05, 0.1) is 17.3 Å². The fourth-order valence-electron chi connectivity index (χ4n) is 1.66. The smallest absolute Gasteiger partial charge is 0.162 e. The molecule has 4 heteroatoms. The van der Waals surface area contributed by atoms with Gasteiger partial charge in [-0.3, -0.25) is 0 Å². The fourth-order valence-corrected chi connectivity index (χ4v) is 2.19. The number of hydrogen-bond donors (Lipinski definition) is 1. The molecule has 0 bridgehead atoms. The van der Waals surface area contributed by atoms with E-state index in [9.17, 15) is 0 Å². The van der Waals surface area contributed by atoms with E-state index in [4.69, 9.17) is 27.9 Å². The van der Waals surface area contributed by atoms with Crippen molar-refractivity contribution >= 4 is 28.9 Å². The first kappa shape index (κ1) is 11.9. The summed E-state index contributed by atoms with van der Waals surface area (Å²) in [6, 6.07) is 3.54. The highest BCUT2D eigenvalue weighted by atomic mass is 35.5. The number of nitrogens with one attached hydrogen (secondary N) is 1. The lowest BCUT2D eigenvalue weighted by molar-refractivity contribution is 0.0476. The Balaban J connectivity index is 2.41. The average molecular weight is 260 g/mol. The Labute approximate surface area is 106 Å². The number of benzene rings is 1. The van der Waals surface area contributed by atoms with Crippen molar-refractivity contribution < 1.29 is 4.74 Å². The highest BCUT2D eigenvalue weighted by molar-refractivity contribution is 6.36. The van der Waals surface area contributed by atoms with E-state index in [1.807, 2.05) is 6.07 Å². The van der Waals surface area contributed by atoms with Gasteiger partial charge >= 0.3 is 0 Å². The molecule has 1 aliphatic heterocycles. The van der Waals surface area contributed by atoms with Crippen LogP contribution < -0.4 is 10.1 Å². The van der Waals surface area contributed by atoms with E-state index in [0.717, 1.165) is 12.2 Å². The van der Waals surface area contributed by atoms with Crippen LogP contribution in [0.5, 0.6) is 5.75 Å². The number of rotatable bonds is 1. The van der Waals surface area contributed by atoms with Gasteiger partial charge in [-0.25, -0.2) is 0 Å². The van der Waals surface area contributed by atoms with E-state index >= 15 is 0 Å². The van der Waals surface area contributed by atoms with Crippen molar-refractivity contribution in [1.82, 2.24) is 0 Å². The third-order valence-electron chi connectivity index (χ3n) is 3.19. The van der Waals surface area contributed by atoms with Crippen LogP contribution in [-0.2, 0) is 0 Å². The lowest BCUT2D eigenvalue weighted by Crippen LogP contribution is -2.47. The number of anilines is 1. The Kier molecular flexibility index (Phi) is 2.97. The highest BCUT2D eigenvalue weighted by Crippen LogP contribution is 2.42. The summed E-state index contributed by atoms with van der Waals surface area (Å²) in [6.45, 7) is 7.11. The molecule has 0 aliphatic carbocycles. The van der Waals surface area contributed by atoms with Crippen molar-refractivity contribution in [3.8, 4) is 5.75 Å². The maximum Gasteiger partial charge on any atom is 0.162 e. The summed E-state index contributed by atoms with van der Waals surface area (Å²) in [7, 11) is 0. The van der Waals surface area contributed by atoms with Crippen LogP contribution in [0.25, 0.3) is 0 Å². The maximum atomic E-state index is 6.13. The summed E-state index contributed by atoms with van der Waals surface area (Å²) in [5.41, 5.74) is 0.639. The zero-order valence-corrected chi connectivity index (χ0v) is 11.1. The van der Waals surface area contributed by atoms with Crippen molar-refractivity contribution in [2.24, 2.45) is 5.92 Å². The van der Waals surface area contributed by atoms with E-state index in [-0.39, 0.29) is 5.60 Å². The Morgan fingerprint density at radius 3 is 2.69 bits per heavy atom. The molecular formula is C12H15Cl2NO. The molecule has 1 N–H and O–H groups in total. The van der Waals surface area contributed by atoms with Gasteiger partial charge in [-0.2, -0.15) is 0 Å². The number of ether oxygens (including phenoxy) is 1. The number of halogens is 2. The van der Waals surface area contributed by atoms with Gasteiger partial charge in [0.2, 0.25) is 0 Å². The third kappa shape index (κ3) is 1.96. The normalized spacial score (nSPS) is 23.6. The summed E-state index contributed by atoms with van der Waals surface area (Å²) < 4.78 is 6.01. The molecule has 1 unspecified atom stereocenters. The first-order chi connectivity index (χ1) is 7.42. The minimum absolute atomic E-state index is 0.232. The standard InChI is InChI=1S/C12H15Cl2NO/c1-7(2)12(3)6-15-10-5-8(13)4-9(14)11(10)16-12/h4-5,7,15H,6H2,1-3H3. The summed E-state index contributed by atoms with van der Waals surface area (Å²) in [5.74, 6) is 1.11. The molecule has 1 aromatic carbocycles. The van der Waals surface area contributed by atoms with Crippen molar-refractivity contribution in [2.45, 2.75) is 26.4 Å². The Bertz CT molecular complexity index is 420. The average Bonchev–Trinajstić information content (AvgIpc) is 2.19. The van der Waals surface area contributed by atoms with Gasteiger partial charge < -0.3 is 10.1 Å². The molecule has 1 aliphatic rings. The molecule has 2 rings (SSSR count). The topological polar surface area (TPSA) is 21.3 Å². The van der Waals surface area contributed by atoms with E-state index in [1.165, 1.54) is 0 Å². The predicted octanol–water partition coefficient (Wildman–Crippen LogP) is 4.21. The van der Waals surface area contributed by atoms with Gasteiger partial charge in [-0.15, -0.1) is 0 Å². The van der Waals surface area contributed by atoms with E-state index in [2.05, 4.69) is 26.1 Å². The molecule has 0 radical (unpaired) electrons. The second kappa shape index (κ2) is 4.01. The zero-order chi connectivity index (χ0) is 11.9. The van der Waals surface area contributed by atoms with Crippen LogP contribution >= 0.6 is 23.2 Å². The van der Waals surface area contributed by atoms with Crippen molar-refractivity contribution in [3.63, 3.8) is 0 Å². The van der Waals surface area contributed by atoms with Crippen LogP contribution in [0, 0.1) is 5.92 Å². The second-order valence-electron chi connectivity index (χ2n) is 4.69. The largest absolute Gasteiger partial charge is 0.482 e. The molecule has 0 fully saturated rings. The van der Waals surface area contributed by atoms with Gasteiger partial charge in [-0.05, 0) is 25.0 Å². The monoisotopic (exact) mass is 259 g/mol. The third-order valence-corrected chi connectivity index (χ3v) is 3.69. The van der Waals surface area contributed by atoms with Gasteiger partial charge in [0.1, 0.15) is 5.60 Å². The van der Waals surface area contributed by atoms with Gasteiger partial charge in [-0.1, -0.05) is 37.0 Å². The fraction of sp³-hybridized carbons (Fsp3) is 0.500. The van der Waals surface area contributed by atoms with Crippen molar-refractivity contribution in [1.29, 1.82) is 0 Å². The van der Waals surface area contributed by atoms with Crippen LogP contribution in [0.2, 0.25) is 10.0 Å².